The number of benzene rings is 2. The Morgan fingerprint density at radius 1 is 1.36 bits per heavy atom. The first-order valence-corrected chi connectivity index (χ1v) is 11.6. The molecule has 0 amide bonds. The van der Waals surface area contributed by atoms with Crippen molar-refractivity contribution in [2.75, 3.05) is 18.5 Å². The van der Waals surface area contributed by atoms with Gasteiger partial charge in [-0.1, -0.05) is 25.1 Å². The van der Waals surface area contributed by atoms with Gasteiger partial charge in [-0.05, 0) is 56.9 Å². The molecule has 0 saturated carbocycles. The molecule has 3 atom stereocenters. The summed E-state index contributed by atoms with van der Waals surface area (Å²) in [7, 11) is 0. The van der Waals surface area contributed by atoms with E-state index in [0.717, 1.165) is 36.2 Å². The van der Waals surface area contributed by atoms with Crippen LogP contribution >= 0.6 is 0 Å². The molecule has 7 nitrogen and oxygen atoms in total. The van der Waals surface area contributed by atoms with Crippen molar-refractivity contribution in [2.45, 2.75) is 57.5 Å². The second-order valence-electron chi connectivity index (χ2n) is 9.43. The number of anilines is 1. The van der Waals surface area contributed by atoms with E-state index in [1.54, 1.807) is 18.2 Å². The summed E-state index contributed by atoms with van der Waals surface area (Å²) >= 11 is 0. The fraction of sp³-hybridized carbons (Fsp3) is 0.423. The van der Waals surface area contributed by atoms with Gasteiger partial charge in [0.25, 0.3) is 5.56 Å². The number of carbonyl (C=O) groups is 1. The first-order valence-electron chi connectivity index (χ1n) is 11.6. The second-order valence-corrected chi connectivity index (χ2v) is 9.43. The van der Waals surface area contributed by atoms with Gasteiger partial charge in [-0.2, -0.15) is 0 Å². The molecular weight excluding hydrogens is 418 g/mol. The van der Waals surface area contributed by atoms with Crippen molar-refractivity contribution in [1.82, 2.24) is 9.55 Å². The highest BCUT2D eigenvalue weighted by Gasteiger charge is 2.48. The molecule has 2 aromatic carbocycles. The van der Waals surface area contributed by atoms with Gasteiger partial charge in [-0.25, -0.2) is 9.78 Å². The number of carboxylic acid groups (broad SMARTS) is 1. The Hall–Kier alpha value is -3.19. The Labute approximate surface area is 192 Å². The van der Waals surface area contributed by atoms with Crippen molar-refractivity contribution in [2.24, 2.45) is 0 Å². The van der Waals surface area contributed by atoms with E-state index in [9.17, 15) is 14.7 Å². The van der Waals surface area contributed by atoms with Crippen LogP contribution in [0.4, 0.5) is 5.69 Å². The monoisotopic (exact) mass is 447 g/mol. The van der Waals surface area contributed by atoms with Crippen molar-refractivity contribution < 1.29 is 14.6 Å². The number of hydrogen-bond donors (Lipinski definition) is 2. The van der Waals surface area contributed by atoms with Crippen molar-refractivity contribution in [1.29, 1.82) is 0 Å². The van der Waals surface area contributed by atoms with E-state index in [4.69, 9.17) is 9.72 Å². The van der Waals surface area contributed by atoms with Gasteiger partial charge < -0.3 is 15.2 Å². The van der Waals surface area contributed by atoms with Gasteiger partial charge in [0.2, 0.25) is 0 Å². The van der Waals surface area contributed by atoms with E-state index >= 15 is 0 Å². The van der Waals surface area contributed by atoms with Crippen LogP contribution in [-0.4, -0.2) is 33.8 Å². The van der Waals surface area contributed by atoms with E-state index in [1.807, 2.05) is 36.6 Å². The van der Waals surface area contributed by atoms with Crippen LogP contribution in [0.15, 0.2) is 41.2 Å². The highest BCUT2D eigenvalue weighted by atomic mass is 16.5. The number of nitrogens with zero attached hydrogens (tertiary/aromatic N) is 2. The molecule has 1 aromatic heterocycles. The summed E-state index contributed by atoms with van der Waals surface area (Å²) in [4.78, 5) is 30.6. The Morgan fingerprint density at radius 2 is 2.15 bits per heavy atom. The predicted molar refractivity (Wildman–Crippen MR) is 127 cm³/mol. The zero-order chi connectivity index (χ0) is 23.3. The summed E-state index contributed by atoms with van der Waals surface area (Å²) in [5.74, 6) is -0.144. The average Bonchev–Trinajstić information content (AvgIpc) is 3.39. The number of aromatic carboxylic acids is 1. The quantitative estimate of drug-likeness (QED) is 0.594. The standard InChI is InChI=1S/C26H29N3O4/c1-4-17-13-26(9-10-33-14-26)25-28-22-19(11-15(2)12-20(22)23(30)29(17)25)16(3)27-21-8-6-5-7-18(21)24(31)32/h5-8,11-12,16-17,27H,4,9-10,13-14H2,1-3H3,(H,31,32)/t16-,17+,26-/m1/s1. The molecule has 0 aliphatic carbocycles. The molecule has 5 rings (SSSR count). The number of para-hydroxylation sites is 1. The minimum Gasteiger partial charge on any atom is -0.478 e. The minimum atomic E-state index is -0.984. The van der Waals surface area contributed by atoms with Crippen LogP contribution in [0.25, 0.3) is 10.9 Å². The van der Waals surface area contributed by atoms with Crippen molar-refractivity contribution in [3.05, 3.63) is 69.3 Å². The van der Waals surface area contributed by atoms with Crippen LogP contribution in [-0.2, 0) is 10.2 Å². The number of nitrogens with one attached hydrogen (secondary N) is 1. The summed E-state index contributed by atoms with van der Waals surface area (Å²) in [5, 5.41) is 13.5. The number of aromatic nitrogens is 2. The predicted octanol–water partition coefficient (Wildman–Crippen LogP) is 4.59. The first kappa shape index (κ1) is 21.6. The third-order valence-electron chi connectivity index (χ3n) is 7.22. The summed E-state index contributed by atoms with van der Waals surface area (Å²) in [6.07, 6.45) is 2.64. The minimum absolute atomic E-state index is 0.00807. The molecule has 3 aromatic rings. The third kappa shape index (κ3) is 3.42. The van der Waals surface area contributed by atoms with Crippen LogP contribution in [0.3, 0.4) is 0 Å². The van der Waals surface area contributed by atoms with Gasteiger partial charge in [-0.15, -0.1) is 0 Å². The Kier molecular flexibility index (Phi) is 5.24. The maximum atomic E-state index is 13.7. The topological polar surface area (TPSA) is 93.5 Å². The summed E-state index contributed by atoms with van der Waals surface area (Å²) in [6, 6.07) is 10.7. The molecule has 2 aliphatic rings. The SMILES string of the molecule is CC[C@H]1C[C@@]2(CCOC2)c2nc3c([C@@H](C)Nc4ccccc4C(=O)O)cc(C)cc3c(=O)n21. The fourth-order valence-electron chi connectivity index (χ4n) is 5.53. The van der Waals surface area contributed by atoms with Gasteiger partial charge in [0.05, 0.1) is 34.5 Å². The zero-order valence-corrected chi connectivity index (χ0v) is 19.2. The largest absolute Gasteiger partial charge is 0.478 e. The molecule has 2 N–H and O–H groups in total. The molecule has 1 spiro atoms. The maximum absolute atomic E-state index is 13.7. The van der Waals surface area contributed by atoms with Crippen molar-refractivity contribution in [3.8, 4) is 0 Å². The molecule has 3 heterocycles. The molecule has 2 aliphatic heterocycles. The van der Waals surface area contributed by atoms with Crippen LogP contribution in [0.5, 0.6) is 0 Å². The number of fused-ring (bicyclic) bond motifs is 3. The Bertz CT molecular complexity index is 1310. The lowest BCUT2D eigenvalue weighted by molar-refractivity contribution is 0.0698. The zero-order valence-electron chi connectivity index (χ0n) is 19.2. The van der Waals surface area contributed by atoms with Gasteiger partial charge in [-0.3, -0.25) is 9.36 Å². The lowest BCUT2D eigenvalue weighted by atomic mass is 9.83. The summed E-state index contributed by atoms with van der Waals surface area (Å²) in [6.45, 7) is 7.36. The number of carboxylic acids is 1. The Balaban J connectivity index is 1.68. The van der Waals surface area contributed by atoms with Crippen molar-refractivity contribution in [3.63, 3.8) is 0 Å². The highest BCUT2D eigenvalue weighted by Crippen LogP contribution is 2.46. The molecule has 0 radical (unpaired) electrons. The van der Waals surface area contributed by atoms with E-state index in [2.05, 4.69) is 12.2 Å². The molecule has 1 saturated heterocycles. The van der Waals surface area contributed by atoms with E-state index in [1.165, 1.54) is 0 Å². The highest BCUT2D eigenvalue weighted by molar-refractivity contribution is 5.94. The first-order chi connectivity index (χ1) is 15.8. The van der Waals surface area contributed by atoms with Crippen LogP contribution in [0.2, 0.25) is 0 Å². The summed E-state index contributed by atoms with van der Waals surface area (Å²) in [5.41, 5.74) is 3.10. The lowest BCUT2D eigenvalue weighted by Gasteiger charge is -2.22. The second kappa shape index (κ2) is 7.99. The van der Waals surface area contributed by atoms with E-state index in [0.29, 0.717) is 29.8 Å². The van der Waals surface area contributed by atoms with Gasteiger partial charge >= 0.3 is 5.97 Å². The third-order valence-corrected chi connectivity index (χ3v) is 7.22. The average molecular weight is 448 g/mol. The van der Waals surface area contributed by atoms with E-state index < -0.39 is 5.97 Å². The summed E-state index contributed by atoms with van der Waals surface area (Å²) < 4.78 is 7.69. The van der Waals surface area contributed by atoms with Gasteiger partial charge in [0.15, 0.2) is 0 Å². The lowest BCUT2D eigenvalue weighted by Crippen LogP contribution is -2.29. The van der Waals surface area contributed by atoms with Crippen LogP contribution in [0, 0.1) is 6.92 Å². The smallest absolute Gasteiger partial charge is 0.337 e. The van der Waals surface area contributed by atoms with Crippen LogP contribution in [0.1, 0.15) is 72.5 Å². The molecule has 7 heteroatoms. The molecule has 0 bridgehead atoms. The Morgan fingerprint density at radius 3 is 2.85 bits per heavy atom. The molecule has 33 heavy (non-hydrogen) atoms. The van der Waals surface area contributed by atoms with Crippen molar-refractivity contribution >= 4 is 22.6 Å². The normalized spacial score (nSPS) is 22.6. The maximum Gasteiger partial charge on any atom is 0.337 e. The number of hydrogen-bond acceptors (Lipinski definition) is 5. The van der Waals surface area contributed by atoms with Gasteiger partial charge in [0, 0.05) is 23.9 Å². The number of aryl methyl sites for hydroxylation is 1. The van der Waals surface area contributed by atoms with E-state index in [-0.39, 0.29) is 28.6 Å². The van der Waals surface area contributed by atoms with Crippen LogP contribution < -0.4 is 10.9 Å². The molecule has 172 valence electrons. The number of ether oxygens (including phenoxy) is 1. The molecular formula is C26H29N3O4. The fourth-order valence-corrected chi connectivity index (χ4v) is 5.53. The molecule has 0 unspecified atom stereocenters. The van der Waals surface area contributed by atoms with Gasteiger partial charge in [0.1, 0.15) is 5.82 Å². The molecule has 1 fully saturated rings. The number of rotatable bonds is 5.